The minimum atomic E-state index is 0.110. The highest BCUT2D eigenvalue weighted by molar-refractivity contribution is 9.11. The molecule has 0 spiro atoms. The first-order valence-corrected chi connectivity index (χ1v) is 12.4. The molecule has 0 aliphatic carbocycles. The van der Waals surface area contributed by atoms with Crippen molar-refractivity contribution in [2.24, 2.45) is 0 Å². The number of benzene rings is 1. The van der Waals surface area contributed by atoms with Crippen molar-refractivity contribution in [2.45, 2.75) is 37.4 Å². The standard InChI is InChI=1S/C21H23BrN4OS2/c1-15(25-12-6-3-7-13-25)20-23-24-21(26(20)16-8-4-2-5-9-16)28-14-17(27)18-10-11-19(22)29-18/h2,4-5,8-11,15H,3,6-7,12-14H2,1H3/t15-/m0/s1. The molecule has 152 valence electrons. The number of nitrogens with zero attached hydrogens (tertiary/aromatic N) is 4. The Bertz CT molecular complexity index is 966. The summed E-state index contributed by atoms with van der Waals surface area (Å²) in [5.41, 5.74) is 1.03. The fourth-order valence-electron chi connectivity index (χ4n) is 3.60. The molecule has 0 radical (unpaired) electrons. The number of hydrogen-bond donors (Lipinski definition) is 0. The number of Topliss-reactive ketones (excluding diaryl/α,β-unsaturated/α-hetero) is 1. The minimum Gasteiger partial charge on any atom is -0.294 e. The highest BCUT2D eigenvalue weighted by Crippen LogP contribution is 2.30. The summed E-state index contributed by atoms with van der Waals surface area (Å²) in [6.45, 7) is 4.39. The van der Waals surface area contributed by atoms with Gasteiger partial charge in [-0.25, -0.2) is 0 Å². The molecule has 8 heteroatoms. The van der Waals surface area contributed by atoms with Gasteiger partial charge in [0.2, 0.25) is 0 Å². The monoisotopic (exact) mass is 490 g/mol. The van der Waals surface area contributed by atoms with Crippen molar-refractivity contribution in [3.63, 3.8) is 0 Å². The van der Waals surface area contributed by atoms with E-state index in [1.807, 2.05) is 30.3 Å². The van der Waals surface area contributed by atoms with E-state index in [2.05, 4.69) is 54.7 Å². The quantitative estimate of drug-likeness (QED) is 0.318. The van der Waals surface area contributed by atoms with E-state index >= 15 is 0 Å². The Morgan fingerprint density at radius 1 is 1.14 bits per heavy atom. The molecule has 1 aliphatic heterocycles. The van der Waals surface area contributed by atoms with E-state index in [9.17, 15) is 4.79 Å². The average Bonchev–Trinajstić information content (AvgIpc) is 3.39. The van der Waals surface area contributed by atoms with E-state index in [0.717, 1.165) is 38.4 Å². The largest absolute Gasteiger partial charge is 0.294 e. The van der Waals surface area contributed by atoms with Gasteiger partial charge in [-0.2, -0.15) is 0 Å². The summed E-state index contributed by atoms with van der Waals surface area (Å²) in [5.74, 6) is 1.39. The Balaban J connectivity index is 1.60. The number of thioether (sulfide) groups is 1. The van der Waals surface area contributed by atoms with E-state index in [0.29, 0.717) is 5.75 Å². The predicted molar refractivity (Wildman–Crippen MR) is 122 cm³/mol. The van der Waals surface area contributed by atoms with Gasteiger partial charge in [0, 0.05) is 5.69 Å². The molecule has 0 unspecified atom stereocenters. The first-order valence-electron chi connectivity index (χ1n) is 9.79. The maximum atomic E-state index is 12.6. The van der Waals surface area contributed by atoms with Crippen molar-refractivity contribution in [1.82, 2.24) is 19.7 Å². The Labute approximate surface area is 187 Å². The molecule has 0 N–H and O–H groups in total. The zero-order chi connectivity index (χ0) is 20.2. The van der Waals surface area contributed by atoms with Gasteiger partial charge in [0.25, 0.3) is 0 Å². The van der Waals surface area contributed by atoms with Gasteiger partial charge >= 0.3 is 0 Å². The van der Waals surface area contributed by atoms with Crippen LogP contribution in [0.2, 0.25) is 0 Å². The van der Waals surface area contributed by atoms with Crippen LogP contribution in [0.4, 0.5) is 0 Å². The molecule has 1 saturated heterocycles. The molecule has 0 saturated carbocycles. The van der Waals surface area contributed by atoms with Crippen LogP contribution in [0.3, 0.4) is 0 Å². The Morgan fingerprint density at radius 2 is 1.90 bits per heavy atom. The number of likely N-dealkylation sites (tertiary alicyclic amines) is 1. The molecule has 1 fully saturated rings. The van der Waals surface area contributed by atoms with Crippen LogP contribution in [0.5, 0.6) is 0 Å². The van der Waals surface area contributed by atoms with Gasteiger partial charge in [-0.1, -0.05) is 36.4 Å². The molecule has 3 heterocycles. The van der Waals surface area contributed by atoms with Gasteiger partial charge in [-0.05, 0) is 73.1 Å². The summed E-state index contributed by atoms with van der Waals surface area (Å²) in [6, 6.07) is 14.1. The highest BCUT2D eigenvalue weighted by atomic mass is 79.9. The number of carbonyl (C=O) groups is 1. The summed E-state index contributed by atoms with van der Waals surface area (Å²) >= 11 is 6.34. The second-order valence-corrected chi connectivity index (χ2v) is 10.5. The molecule has 1 atom stereocenters. The van der Waals surface area contributed by atoms with E-state index in [1.165, 1.54) is 42.4 Å². The molecule has 5 nitrogen and oxygen atoms in total. The van der Waals surface area contributed by atoms with Crippen LogP contribution in [0.1, 0.15) is 47.7 Å². The van der Waals surface area contributed by atoms with E-state index < -0.39 is 0 Å². The van der Waals surface area contributed by atoms with E-state index in [-0.39, 0.29) is 11.8 Å². The lowest BCUT2D eigenvalue weighted by Crippen LogP contribution is -2.33. The summed E-state index contributed by atoms with van der Waals surface area (Å²) in [7, 11) is 0. The zero-order valence-electron chi connectivity index (χ0n) is 16.3. The smallest absolute Gasteiger partial charge is 0.196 e. The Kier molecular flexibility index (Phi) is 6.85. The topological polar surface area (TPSA) is 51.0 Å². The summed E-state index contributed by atoms with van der Waals surface area (Å²) < 4.78 is 3.08. The van der Waals surface area contributed by atoms with E-state index in [1.54, 1.807) is 0 Å². The lowest BCUT2D eigenvalue weighted by molar-refractivity contribution is 0.102. The maximum Gasteiger partial charge on any atom is 0.196 e. The summed E-state index contributed by atoms with van der Waals surface area (Å²) in [5, 5.41) is 9.79. The van der Waals surface area contributed by atoms with Crippen LogP contribution in [0.25, 0.3) is 5.69 Å². The van der Waals surface area contributed by atoms with Gasteiger partial charge in [0.05, 0.1) is 20.5 Å². The van der Waals surface area contributed by atoms with Crippen molar-refractivity contribution in [3.05, 3.63) is 57.0 Å². The van der Waals surface area contributed by atoms with Crippen molar-refractivity contribution in [1.29, 1.82) is 0 Å². The summed E-state index contributed by atoms with van der Waals surface area (Å²) in [4.78, 5) is 15.8. The lowest BCUT2D eigenvalue weighted by atomic mass is 10.1. The van der Waals surface area contributed by atoms with Crippen molar-refractivity contribution in [2.75, 3.05) is 18.8 Å². The molecule has 1 aromatic carbocycles. The lowest BCUT2D eigenvalue weighted by Gasteiger charge is -2.31. The number of rotatable bonds is 7. The van der Waals surface area contributed by atoms with Crippen molar-refractivity contribution >= 4 is 44.8 Å². The summed E-state index contributed by atoms with van der Waals surface area (Å²) in [6.07, 6.45) is 3.77. The Hall–Kier alpha value is -1.48. The first-order chi connectivity index (χ1) is 14.1. The minimum absolute atomic E-state index is 0.110. The molecule has 29 heavy (non-hydrogen) atoms. The third kappa shape index (κ3) is 4.82. The number of aromatic nitrogens is 3. The second kappa shape index (κ2) is 9.55. The number of hydrogen-bond acceptors (Lipinski definition) is 6. The van der Waals surface area contributed by atoms with Crippen LogP contribution in [-0.2, 0) is 0 Å². The predicted octanol–water partition coefficient (Wildman–Crippen LogP) is 5.61. The zero-order valence-corrected chi connectivity index (χ0v) is 19.5. The number of halogens is 1. The van der Waals surface area contributed by atoms with Gasteiger partial charge in [0.1, 0.15) is 0 Å². The first kappa shape index (κ1) is 20.8. The number of carbonyl (C=O) groups excluding carboxylic acids is 1. The second-order valence-electron chi connectivity index (χ2n) is 7.10. The van der Waals surface area contributed by atoms with Crippen LogP contribution in [-0.4, -0.2) is 44.3 Å². The molecule has 1 aliphatic rings. The van der Waals surface area contributed by atoms with Crippen LogP contribution in [0.15, 0.2) is 51.4 Å². The fraction of sp³-hybridized carbons (Fsp3) is 0.381. The van der Waals surface area contributed by atoms with Gasteiger partial charge in [-0.15, -0.1) is 21.5 Å². The fourth-order valence-corrected chi connectivity index (χ4v) is 5.86. The van der Waals surface area contributed by atoms with Gasteiger partial charge < -0.3 is 0 Å². The van der Waals surface area contributed by atoms with Gasteiger partial charge in [0.15, 0.2) is 16.8 Å². The van der Waals surface area contributed by atoms with Crippen LogP contribution >= 0.6 is 39.0 Å². The number of ketones is 1. The molecular formula is C21H23BrN4OS2. The SMILES string of the molecule is C[C@@H](c1nnc(SCC(=O)c2ccc(Br)s2)n1-c1ccccc1)N1CCCCC1. The third-order valence-corrected chi connectivity index (χ3v) is 7.76. The normalized spacial score (nSPS) is 16.1. The van der Waals surface area contributed by atoms with Crippen molar-refractivity contribution < 1.29 is 4.79 Å². The maximum absolute atomic E-state index is 12.6. The molecule has 0 bridgehead atoms. The van der Waals surface area contributed by atoms with Crippen LogP contribution in [0, 0.1) is 0 Å². The average molecular weight is 491 g/mol. The molecule has 2 aromatic heterocycles. The molecule has 3 aromatic rings. The number of piperidine rings is 1. The molecule has 4 rings (SSSR count). The molecule has 0 amide bonds. The third-order valence-electron chi connectivity index (χ3n) is 5.17. The van der Waals surface area contributed by atoms with Gasteiger partial charge in [-0.3, -0.25) is 14.3 Å². The molecular weight excluding hydrogens is 468 g/mol. The highest BCUT2D eigenvalue weighted by Gasteiger charge is 2.25. The number of para-hydroxylation sites is 1. The van der Waals surface area contributed by atoms with E-state index in [4.69, 9.17) is 0 Å². The van der Waals surface area contributed by atoms with Crippen molar-refractivity contribution in [3.8, 4) is 5.69 Å². The van der Waals surface area contributed by atoms with Crippen LogP contribution < -0.4 is 0 Å². The number of thiophene rings is 1. The Morgan fingerprint density at radius 3 is 2.59 bits per heavy atom.